The van der Waals surface area contributed by atoms with Crippen LogP contribution < -0.4 is 13.7 Å². The second-order valence-electron chi connectivity index (χ2n) is 4.13. The average molecular weight is 391 g/mol. The maximum atomic E-state index is 13.0. The Balaban J connectivity index is 2.46. The summed E-state index contributed by atoms with van der Waals surface area (Å²) in [6.45, 7) is 0. The van der Waals surface area contributed by atoms with Crippen molar-refractivity contribution in [1.29, 1.82) is 0 Å². The highest BCUT2D eigenvalue weighted by molar-refractivity contribution is 9.10. The molecule has 0 amide bonds. The zero-order chi connectivity index (χ0) is 16.3. The second-order valence-corrected chi connectivity index (χ2v) is 6.50. The SMILES string of the molecule is COc1ccc(OC)c(S(=O)(=O)Oc2ccc(F)cc2Br)c1. The topological polar surface area (TPSA) is 61.8 Å². The van der Waals surface area contributed by atoms with Crippen LogP contribution in [0.15, 0.2) is 45.8 Å². The van der Waals surface area contributed by atoms with Gasteiger partial charge >= 0.3 is 10.1 Å². The van der Waals surface area contributed by atoms with Gasteiger partial charge in [0.05, 0.1) is 18.7 Å². The standard InChI is InChI=1S/C14H12BrFO5S/c1-19-10-4-6-13(20-2)14(8-10)22(17,18)21-12-5-3-9(16)7-11(12)15/h3-8H,1-2H3. The molecule has 0 bridgehead atoms. The summed E-state index contributed by atoms with van der Waals surface area (Å²) in [4.78, 5) is -0.189. The molecule has 0 aliphatic rings. The average Bonchev–Trinajstić information content (AvgIpc) is 2.49. The largest absolute Gasteiger partial charge is 0.497 e. The molecule has 22 heavy (non-hydrogen) atoms. The van der Waals surface area contributed by atoms with Crippen molar-refractivity contribution in [1.82, 2.24) is 0 Å². The van der Waals surface area contributed by atoms with E-state index in [1.807, 2.05) is 0 Å². The molecule has 5 nitrogen and oxygen atoms in total. The predicted octanol–water partition coefficient (Wildman–Crippen LogP) is 3.37. The van der Waals surface area contributed by atoms with Crippen molar-refractivity contribution in [3.63, 3.8) is 0 Å². The smallest absolute Gasteiger partial charge is 0.343 e. The van der Waals surface area contributed by atoms with Gasteiger partial charge in [0.25, 0.3) is 0 Å². The molecule has 0 radical (unpaired) electrons. The van der Waals surface area contributed by atoms with Crippen LogP contribution in [0, 0.1) is 5.82 Å². The summed E-state index contributed by atoms with van der Waals surface area (Å²) in [6.07, 6.45) is 0. The Morgan fingerprint density at radius 2 is 1.68 bits per heavy atom. The van der Waals surface area contributed by atoms with E-state index in [2.05, 4.69) is 15.9 Å². The lowest BCUT2D eigenvalue weighted by Gasteiger charge is -2.12. The molecular formula is C14H12BrFO5S. The number of halogens is 2. The molecule has 118 valence electrons. The first-order chi connectivity index (χ1) is 10.4. The summed E-state index contributed by atoms with van der Waals surface area (Å²) < 4.78 is 53.1. The summed E-state index contributed by atoms with van der Waals surface area (Å²) in [5.74, 6) is -0.109. The van der Waals surface area contributed by atoms with Crippen molar-refractivity contribution in [2.45, 2.75) is 4.90 Å². The minimum atomic E-state index is -4.18. The molecule has 8 heteroatoms. The van der Waals surface area contributed by atoms with E-state index in [1.165, 1.54) is 32.4 Å². The van der Waals surface area contributed by atoms with Crippen LogP contribution in [0.1, 0.15) is 0 Å². The number of hydrogen-bond acceptors (Lipinski definition) is 5. The van der Waals surface area contributed by atoms with Crippen LogP contribution in [0.4, 0.5) is 4.39 Å². The molecule has 0 saturated heterocycles. The second kappa shape index (κ2) is 6.53. The van der Waals surface area contributed by atoms with Crippen molar-refractivity contribution in [2.75, 3.05) is 14.2 Å². The lowest BCUT2D eigenvalue weighted by Crippen LogP contribution is -2.11. The van der Waals surface area contributed by atoms with Gasteiger partial charge in [0.1, 0.15) is 17.3 Å². The third kappa shape index (κ3) is 3.50. The van der Waals surface area contributed by atoms with E-state index < -0.39 is 15.9 Å². The molecule has 0 atom stereocenters. The summed E-state index contributed by atoms with van der Waals surface area (Å²) in [5.41, 5.74) is 0. The van der Waals surface area contributed by atoms with Crippen LogP contribution in [0.25, 0.3) is 0 Å². The zero-order valence-corrected chi connectivity index (χ0v) is 14.1. The quantitative estimate of drug-likeness (QED) is 0.732. The van der Waals surface area contributed by atoms with Gasteiger partial charge in [-0.05, 0) is 46.3 Å². The minimum Gasteiger partial charge on any atom is -0.497 e. The van der Waals surface area contributed by atoms with E-state index in [0.717, 1.165) is 12.1 Å². The maximum Gasteiger partial charge on any atom is 0.343 e. The molecule has 2 rings (SSSR count). The van der Waals surface area contributed by atoms with Gasteiger partial charge in [0.2, 0.25) is 0 Å². The summed E-state index contributed by atoms with van der Waals surface area (Å²) in [5, 5.41) is 0. The van der Waals surface area contributed by atoms with E-state index in [4.69, 9.17) is 13.7 Å². The van der Waals surface area contributed by atoms with Crippen molar-refractivity contribution in [2.24, 2.45) is 0 Å². The fraction of sp³-hybridized carbons (Fsp3) is 0.143. The third-order valence-electron chi connectivity index (χ3n) is 2.73. The van der Waals surface area contributed by atoms with Gasteiger partial charge < -0.3 is 13.7 Å². The molecule has 0 spiro atoms. The molecule has 0 saturated carbocycles. The van der Waals surface area contributed by atoms with Crippen molar-refractivity contribution >= 4 is 26.0 Å². The number of benzene rings is 2. The Kier molecular flexibility index (Phi) is 4.92. The van der Waals surface area contributed by atoms with Crippen LogP contribution in [0.2, 0.25) is 0 Å². The number of rotatable bonds is 5. The van der Waals surface area contributed by atoms with Crippen molar-refractivity contribution in [3.8, 4) is 17.2 Å². The molecule has 0 N–H and O–H groups in total. The van der Waals surface area contributed by atoms with Crippen LogP contribution in [-0.2, 0) is 10.1 Å². The van der Waals surface area contributed by atoms with Gasteiger partial charge in [-0.15, -0.1) is 0 Å². The van der Waals surface area contributed by atoms with Crippen LogP contribution >= 0.6 is 15.9 Å². The fourth-order valence-corrected chi connectivity index (χ4v) is 3.35. The summed E-state index contributed by atoms with van der Waals surface area (Å²) in [7, 11) is -1.43. The predicted molar refractivity (Wildman–Crippen MR) is 81.5 cm³/mol. The Bertz CT molecular complexity index is 792. The van der Waals surface area contributed by atoms with Crippen LogP contribution in [0.3, 0.4) is 0 Å². The number of methoxy groups -OCH3 is 2. The lowest BCUT2D eigenvalue weighted by atomic mass is 10.3. The first-order valence-electron chi connectivity index (χ1n) is 5.99. The van der Waals surface area contributed by atoms with Crippen LogP contribution in [-0.4, -0.2) is 22.6 Å². The van der Waals surface area contributed by atoms with E-state index in [-0.39, 0.29) is 20.9 Å². The molecular weight excluding hydrogens is 379 g/mol. The Morgan fingerprint density at radius 3 is 2.27 bits per heavy atom. The maximum absolute atomic E-state index is 13.0. The van der Waals surface area contributed by atoms with Crippen molar-refractivity contribution in [3.05, 3.63) is 46.7 Å². The molecule has 0 fully saturated rings. The minimum absolute atomic E-state index is 0.0359. The molecule has 0 heterocycles. The van der Waals surface area contributed by atoms with Gasteiger partial charge in [0, 0.05) is 6.07 Å². The third-order valence-corrected chi connectivity index (χ3v) is 4.61. The Hall–Kier alpha value is -1.80. The van der Waals surface area contributed by atoms with Gasteiger partial charge in [-0.3, -0.25) is 0 Å². The van der Waals surface area contributed by atoms with Crippen LogP contribution in [0.5, 0.6) is 17.2 Å². The van der Waals surface area contributed by atoms with Gasteiger partial charge in [-0.25, -0.2) is 4.39 Å². The molecule has 2 aromatic carbocycles. The van der Waals surface area contributed by atoms with E-state index in [0.29, 0.717) is 5.75 Å². The Morgan fingerprint density at radius 1 is 1.00 bits per heavy atom. The molecule has 0 unspecified atom stereocenters. The van der Waals surface area contributed by atoms with Gasteiger partial charge in [0.15, 0.2) is 10.6 Å². The highest BCUT2D eigenvalue weighted by Crippen LogP contribution is 2.33. The van der Waals surface area contributed by atoms with Crippen molar-refractivity contribution < 1.29 is 26.5 Å². The highest BCUT2D eigenvalue weighted by Gasteiger charge is 2.24. The highest BCUT2D eigenvalue weighted by atomic mass is 79.9. The first-order valence-corrected chi connectivity index (χ1v) is 8.19. The zero-order valence-electron chi connectivity index (χ0n) is 11.7. The molecule has 0 aromatic heterocycles. The van der Waals surface area contributed by atoms with Gasteiger partial charge in [-0.1, -0.05) is 0 Å². The molecule has 0 aliphatic carbocycles. The van der Waals surface area contributed by atoms with E-state index in [9.17, 15) is 12.8 Å². The fourth-order valence-electron chi connectivity index (χ4n) is 1.69. The van der Waals surface area contributed by atoms with Gasteiger partial charge in [-0.2, -0.15) is 8.42 Å². The Labute approximate surface area is 135 Å². The summed E-state index contributed by atoms with van der Waals surface area (Å²) >= 11 is 3.05. The first kappa shape index (κ1) is 16.6. The normalized spacial score (nSPS) is 11.1. The monoisotopic (exact) mass is 390 g/mol. The molecule has 0 aliphatic heterocycles. The van der Waals surface area contributed by atoms with E-state index >= 15 is 0 Å². The van der Waals surface area contributed by atoms with E-state index in [1.54, 1.807) is 6.07 Å². The number of hydrogen-bond donors (Lipinski definition) is 0. The summed E-state index contributed by atoms with van der Waals surface area (Å²) in [6, 6.07) is 7.71. The lowest BCUT2D eigenvalue weighted by molar-refractivity contribution is 0.388. The number of ether oxygens (including phenoxy) is 2. The molecule has 2 aromatic rings.